The molecule has 2 heteroatoms. The SMILES string of the molecule is C=CCNCC(O)(CC)CC. The highest BCUT2D eigenvalue weighted by Gasteiger charge is 2.20. The third kappa shape index (κ3) is 4.17. The molecule has 11 heavy (non-hydrogen) atoms. The molecule has 0 unspecified atom stereocenters. The van der Waals surface area contributed by atoms with Crippen LogP contribution in [0.3, 0.4) is 0 Å². The Labute approximate surface area is 69.3 Å². The summed E-state index contributed by atoms with van der Waals surface area (Å²) in [7, 11) is 0. The Bertz CT molecular complexity index is 108. The molecule has 0 aliphatic carbocycles. The van der Waals surface area contributed by atoms with Crippen molar-refractivity contribution in [2.45, 2.75) is 32.3 Å². The highest BCUT2D eigenvalue weighted by Crippen LogP contribution is 2.12. The Hall–Kier alpha value is -0.340. The Morgan fingerprint density at radius 3 is 2.36 bits per heavy atom. The molecule has 0 atom stereocenters. The molecule has 0 aromatic carbocycles. The van der Waals surface area contributed by atoms with Crippen molar-refractivity contribution >= 4 is 0 Å². The van der Waals surface area contributed by atoms with Crippen LogP contribution in [-0.2, 0) is 0 Å². The van der Waals surface area contributed by atoms with E-state index in [-0.39, 0.29) is 0 Å². The van der Waals surface area contributed by atoms with Gasteiger partial charge < -0.3 is 10.4 Å². The first kappa shape index (κ1) is 10.7. The summed E-state index contributed by atoms with van der Waals surface area (Å²) in [5.41, 5.74) is -0.525. The van der Waals surface area contributed by atoms with Crippen LogP contribution in [0.25, 0.3) is 0 Å². The molecule has 0 aromatic heterocycles. The van der Waals surface area contributed by atoms with Gasteiger partial charge in [0.1, 0.15) is 0 Å². The van der Waals surface area contributed by atoms with E-state index in [1.807, 2.05) is 13.8 Å². The number of hydrogen-bond donors (Lipinski definition) is 2. The highest BCUT2D eigenvalue weighted by molar-refractivity contribution is 4.80. The predicted molar refractivity (Wildman–Crippen MR) is 48.6 cm³/mol. The molecule has 0 fully saturated rings. The van der Waals surface area contributed by atoms with Crippen molar-refractivity contribution < 1.29 is 5.11 Å². The maximum absolute atomic E-state index is 9.76. The summed E-state index contributed by atoms with van der Waals surface area (Å²) in [6, 6.07) is 0. The van der Waals surface area contributed by atoms with Crippen molar-refractivity contribution in [3.05, 3.63) is 12.7 Å². The lowest BCUT2D eigenvalue weighted by atomic mass is 9.98. The molecule has 0 aliphatic rings. The van der Waals surface area contributed by atoms with Gasteiger partial charge in [-0.25, -0.2) is 0 Å². The quantitative estimate of drug-likeness (QED) is 0.450. The van der Waals surface area contributed by atoms with Crippen LogP contribution in [0.15, 0.2) is 12.7 Å². The standard InChI is InChI=1S/C9H19NO/c1-4-7-10-8-9(11,5-2)6-3/h4,10-11H,1,5-8H2,2-3H3. The van der Waals surface area contributed by atoms with E-state index in [1.54, 1.807) is 6.08 Å². The van der Waals surface area contributed by atoms with Gasteiger partial charge in [-0.05, 0) is 12.8 Å². The van der Waals surface area contributed by atoms with Crippen LogP contribution in [0.1, 0.15) is 26.7 Å². The molecule has 0 aromatic rings. The fraction of sp³-hybridized carbons (Fsp3) is 0.778. The lowest BCUT2D eigenvalue weighted by Gasteiger charge is -2.25. The lowest BCUT2D eigenvalue weighted by Crippen LogP contribution is -2.39. The summed E-state index contributed by atoms with van der Waals surface area (Å²) in [5.74, 6) is 0. The first-order valence-corrected chi connectivity index (χ1v) is 4.22. The lowest BCUT2D eigenvalue weighted by molar-refractivity contribution is 0.0335. The topological polar surface area (TPSA) is 32.3 Å². The summed E-state index contributed by atoms with van der Waals surface area (Å²) in [6.07, 6.45) is 3.40. The number of rotatable bonds is 6. The average Bonchev–Trinajstić information content (AvgIpc) is 2.05. The predicted octanol–water partition coefficient (Wildman–Crippen LogP) is 1.31. The van der Waals surface area contributed by atoms with Crippen molar-refractivity contribution in [2.75, 3.05) is 13.1 Å². The molecule has 0 saturated heterocycles. The van der Waals surface area contributed by atoms with E-state index in [1.165, 1.54) is 0 Å². The van der Waals surface area contributed by atoms with Crippen molar-refractivity contribution in [3.63, 3.8) is 0 Å². The molecule has 0 rings (SSSR count). The van der Waals surface area contributed by atoms with Gasteiger partial charge in [0.15, 0.2) is 0 Å². The summed E-state index contributed by atoms with van der Waals surface area (Å²) in [6.45, 7) is 9.01. The Morgan fingerprint density at radius 2 is 2.00 bits per heavy atom. The summed E-state index contributed by atoms with van der Waals surface area (Å²) in [4.78, 5) is 0. The fourth-order valence-corrected chi connectivity index (χ4v) is 0.907. The molecule has 0 bridgehead atoms. The zero-order valence-electron chi connectivity index (χ0n) is 7.56. The van der Waals surface area contributed by atoms with Crippen LogP contribution in [0.4, 0.5) is 0 Å². The van der Waals surface area contributed by atoms with Crippen molar-refractivity contribution in [2.24, 2.45) is 0 Å². The molecule has 0 radical (unpaired) electrons. The van der Waals surface area contributed by atoms with E-state index >= 15 is 0 Å². The Morgan fingerprint density at radius 1 is 1.45 bits per heavy atom. The molecule has 0 saturated carbocycles. The van der Waals surface area contributed by atoms with Crippen LogP contribution in [0, 0.1) is 0 Å². The first-order chi connectivity index (χ1) is 5.18. The maximum Gasteiger partial charge on any atom is 0.0766 e. The number of hydrogen-bond acceptors (Lipinski definition) is 2. The van der Waals surface area contributed by atoms with Crippen LogP contribution in [0.2, 0.25) is 0 Å². The normalized spacial score (nSPS) is 11.5. The second-order valence-corrected chi connectivity index (χ2v) is 2.85. The van der Waals surface area contributed by atoms with Gasteiger partial charge in [-0.15, -0.1) is 6.58 Å². The van der Waals surface area contributed by atoms with Gasteiger partial charge in [0, 0.05) is 13.1 Å². The van der Waals surface area contributed by atoms with Gasteiger partial charge in [-0.3, -0.25) is 0 Å². The summed E-state index contributed by atoms with van der Waals surface area (Å²) < 4.78 is 0. The third-order valence-corrected chi connectivity index (χ3v) is 2.06. The zero-order valence-corrected chi connectivity index (χ0v) is 7.56. The minimum atomic E-state index is -0.525. The van der Waals surface area contributed by atoms with E-state index < -0.39 is 5.60 Å². The molecule has 2 nitrogen and oxygen atoms in total. The maximum atomic E-state index is 9.76. The fourth-order valence-electron chi connectivity index (χ4n) is 0.907. The molecule has 0 spiro atoms. The molecule has 2 N–H and O–H groups in total. The van der Waals surface area contributed by atoms with Crippen LogP contribution in [-0.4, -0.2) is 23.8 Å². The van der Waals surface area contributed by atoms with Crippen LogP contribution >= 0.6 is 0 Å². The summed E-state index contributed by atoms with van der Waals surface area (Å²) in [5, 5.41) is 12.9. The molecular formula is C9H19NO. The third-order valence-electron chi connectivity index (χ3n) is 2.06. The minimum Gasteiger partial charge on any atom is -0.389 e. The second-order valence-electron chi connectivity index (χ2n) is 2.85. The zero-order chi connectivity index (χ0) is 8.74. The largest absolute Gasteiger partial charge is 0.389 e. The van der Waals surface area contributed by atoms with E-state index in [9.17, 15) is 5.11 Å². The molecule has 66 valence electrons. The summed E-state index contributed by atoms with van der Waals surface area (Å²) >= 11 is 0. The molecule has 0 heterocycles. The number of aliphatic hydroxyl groups is 1. The van der Waals surface area contributed by atoms with E-state index in [0.29, 0.717) is 6.54 Å². The first-order valence-electron chi connectivity index (χ1n) is 4.22. The van der Waals surface area contributed by atoms with Crippen molar-refractivity contribution in [1.82, 2.24) is 5.32 Å². The average molecular weight is 157 g/mol. The van der Waals surface area contributed by atoms with Gasteiger partial charge in [-0.1, -0.05) is 19.9 Å². The van der Waals surface area contributed by atoms with Gasteiger partial charge in [0.2, 0.25) is 0 Å². The molecular weight excluding hydrogens is 138 g/mol. The van der Waals surface area contributed by atoms with Crippen LogP contribution < -0.4 is 5.32 Å². The molecule has 0 amide bonds. The van der Waals surface area contributed by atoms with Gasteiger partial charge >= 0.3 is 0 Å². The number of nitrogens with one attached hydrogen (secondary N) is 1. The van der Waals surface area contributed by atoms with E-state index in [2.05, 4.69) is 11.9 Å². The van der Waals surface area contributed by atoms with Crippen molar-refractivity contribution in [1.29, 1.82) is 0 Å². The minimum absolute atomic E-state index is 0.525. The van der Waals surface area contributed by atoms with Gasteiger partial charge in [-0.2, -0.15) is 0 Å². The monoisotopic (exact) mass is 157 g/mol. The molecule has 0 aliphatic heterocycles. The smallest absolute Gasteiger partial charge is 0.0766 e. The van der Waals surface area contributed by atoms with Crippen LogP contribution in [0.5, 0.6) is 0 Å². The Kier molecular flexibility index (Phi) is 5.16. The van der Waals surface area contributed by atoms with E-state index in [0.717, 1.165) is 19.4 Å². The second kappa shape index (κ2) is 5.33. The highest BCUT2D eigenvalue weighted by atomic mass is 16.3. The van der Waals surface area contributed by atoms with E-state index in [4.69, 9.17) is 0 Å². The van der Waals surface area contributed by atoms with Crippen molar-refractivity contribution in [3.8, 4) is 0 Å². The Balaban J connectivity index is 3.59. The van der Waals surface area contributed by atoms with Gasteiger partial charge in [0.05, 0.1) is 5.60 Å². The van der Waals surface area contributed by atoms with Gasteiger partial charge in [0.25, 0.3) is 0 Å².